The number of rotatable bonds is 8. The van der Waals surface area contributed by atoms with E-state index in [-0.39, 0.29) is 18.1 Å². The van der Waals surface area contributed by atoms with Gasteiger partial charge >= 0.3 is 5.97 Å². The first-order valence-corrected chi connectivity index (χ1v) is 8.05. The minimum Gasteiger partial charge on any atom is -0.502 e. The van der Waals surface area contributed by atoms with E-state index in [0.29, 0.717) is 12.0 Å². The summed E-state index contributed by atoms with van der Waals surface area (Å²) in [5.41, 5.74) is -0.205. The van der Waals surface area contributed by atoms with E-state index in [0.717, 1.165) is 6.07 Å². The van der Waals surface area contributed by atoms with Crippen LogP contribution in [-0.2, 0) is 11.3 Å². The Morgan fingerprint density at radius 2 is 2.00 bits per heavy atom. The zero-order chi connectivity index (χ0) is 18.9. The van der Waals surface area contributed by atoms with E-state index in [1.807, 2.05) is 6.08 Å². The quantitative estimate of drug-likeness (QED) is 0.440. The summed E-state index contributed by atoms with van der Waals surface area (Å²) in [5.74, 6) is -1.17. The van der Waals surface area contributed by atoms with E-state index in [9.17, 15) is 14.7 Å². The summed E-state index contributed by atoms with van der Waals surface area (Å²) in [7, 11) is 0. The highest BCUT2D eigenvalue weighted by Gasteiger charge is 2.19. The van der Waals surface area contributed by atoms with Gasteiger partial charge in [-0.05, 0) is 18.6 Å². The van der Waals surface area contributed by atoms with E-state index in [1.165, 1.54) is 0 Å². The summed E-state index contributed by atoms with van der Waals surface area (Å²) >= 11 is 0. The van der Waals surface area contributed by atoms with Gasteiger partial charge in [-0.3, -0.25) is 4.79 Å². The van der Waals surface area contributed by atoms with E-state index in [2.05, 4.69) is 13.2 Å². The summed E-state index contributed by atoms with van der Waals surface area (Å²) in [6, 6.07) is 9.59. The molecule has 0 amide bonds. The van der Waals surface area contributed by atoms with Crippen molar-refractivity contribution >= 4 is 5.97 Å². The van der Waals surface area contributed by atoms with Crippen LogP contribution in [0.4, 0.5) is 0 Å². The molecule has 5 heteroatoms. The van der Waals surface area contributed by atoms with Gasteiger partial charge in [-0.2, -0.15) is 0 Å². The zero-order valence-corrected chi connectivity index (χ0v) is 14.3. The second-order valence-corrected chi connectivity index (χ2v) is 5.47. The lowest BCUT2D eigenvalue weighted by Crippen LogP contribution is -2.10. The van der Waals surface area contributed by atoms with Gasteiger partial charge in [0.1, 0.15) is 12.4 Å². The van der Waals surface area contributed by atoms with Crippen molar-refractivity contribution in [3.05, 3.63) is 101 Å². The fourth-order valence-electron chi connectivity index (χ4n) is 2.30. The maximum absolute atomic E-state index is 12.0. The van der Waals surface area contributed by atoms with E-state index >= 15 is 0 Å². The molecule has 134 valence electrons. The molecule has 1 N–H and O–H groups in total. The molecule has 0 saturated carbocycles. The molecule has 0 aliphatic carbocycles. The molecular weight excluding hydrogens is 332 g/mol. The highest BCUT2D eigenvalue weighted by molar-refractivity contribution is 5.89. The molecule has 0 aliphatic heterocycles. The lowest BCUT2D eigenvalue weighted by molar-refractivity contribution is 0.0440. The lowest BCUT2D eigenvalue weighted by atomic mass is 10.0. The van der Waals surface area contributed by atoms with Crippen LogP contribution in [0.3, 0.4) is 0 Å². The van der Waals surface area contributed by atoms with Gasteiger partial charge in [-0.25, -0.2) is 4.79 Å². The van der Waals surface area contributed by atoms with Crippen molar-refractivity contribution in [2.75, 3.05) is 0 Å². The van der Waals surface area contributed by atoms with Crippen LogP contribution >= 0.6 is 0 Å². The minimum absolute atomic E-state index is 0.0898. The fourth-order valence-corrected chi connectivity index (χ4v) is 2.30. The Hall–Kier alpha value is -3.34. The summed E-state index contributed by atoms with van der Waals surface area (Å²) in [6.45, 7) is 7.08. The largest absolute Gasteiger partial charge is 0.502 e. The number of carbonyl (C=O) groups is 1. The third-order valence-corrected chi connectivity index (χ3v) is 3.64. The maximum atomic E-state index is 12.0. The van der Waals surface area contributed by atoms with Crippen molar-refractivity contribution in [2.24, 2.45) is 0 Å². The normalized spacial score (nSPS) is 11.8. The van der Waals surface area contributed by atoms with Gasteiger partial charge in [0.05, 0.1) is 5.56 Å². The van der Waals surface area contributed by atoms with Crippen LogP contribution in [0.2, 0.25) is 0 Å². The Labute approximate surface area is 151 Å². The van der Waals surface area contributed by atoms with Gasteiger partial charge in [0.25, 0.3) is 0 Å². The van der Waals surface area contributed by atoms with Gasteiger partial charge in [0.2, 0.25) is 11.2 Å². The molecule has 0 spiro atoms. The molecule has 0 bridgehead atoms. The predicted molar refractivity (Wildman–Crippen MR) is 99.1 cm³/mol. The topological polar surface area (TPSA) is 76.7 Å². The van der Waals surface area contributed by atoms with Gasteiger partial charge in [0, 0.05) is 12.0 Å². The fraction of sp³-hybridized carbons (Fsp3) is 0.143. The number of esters is 1. The molecule has 2 aromatic rings. The molecule has 0 saturated heterocycles. The molecule has 0 fully saturated rings. The minimum atomic E-state index is -0.600. The zero-order valence-electron chi connectivity index (χ0n) is 14.3. The number of ether oxygens (including phenoxy) is 1. The Morgan fingerprint density at radius 3 is 2.65 bits per heavy atom. The predicted octanol–water partition coefficient (Wildman–Crippen LogP) is 4.10. The van der Waals surface area contributed by atoms with Crippen molar-refractivity contribution in [1.82, 2.24) is 0 Å². The molecule has 0 radical (unpaired) electrons. The molecule has 1 aromatic carbocycles. The molecule has 2 rings (SSSR count). The second kappa shape index (κ2) is 9.22. The summed E-state index contributed by atoms with van der Waals surface area (Å²) < 4.78 is 10.8. The average molecular weight is 352 g/mol. The van der Waals surface area contributed by atoms with Crippen LogP contribution in [0.15, 0.2) is 83.1 Å². The molecule has 1 unspecified atom stereocenters. The number of benzene rings is 1. The molecule has 1 heterocycles. The Morgan fingerprint density at radius 1 is 1.27 bits per heavy atom. The first-order chi connectivity index (χ1) is 12.6. The highest BCUT2D eigenvalue weighted by Crippen LogP contribution is 2.28. The highest BCUT2D eigenvalue weighted by atomic mass is 16.5. The molecule has 5 nitrogen and oxygen atoms in total. The number of hydrogen-bond donors (Lipinski definition) is 1. The number of carbonyl (C=O) groups excluding carboxylic acids is 1. The maximum Gasteiger partial charge on any atom is 0.338 e. The smallest absolute Gasteiger partial charge is 0.338 e. The van der Waals surface area contributed by atoms with E-state index in [1.54, 1.807) is 48.6 Å². The van der Waals surface area contributed by atoms with E-state index in [4.69, 9.17) is 9.15 Å². The first-order valence-electron chi connectivity index (χ1n) is 8.05. The van der Waals surface area contributed by atoms with Crippen molar-refractivity contribution in [3.8, 4) is 5.75 Å². The van der Waals surface area contributed by atoms with Gasteiger partial charge < -0.3 is 14.3 Å². The van der Waals surface area contributed by atoms with Crippen LogP contribution in [0, 0.1) is 0 Å². The number of aromatic hydroxyl groups is 1. The van der Waals surface area contributed by atoms with Crippen LogP contribution in [-0.4, -0.2) is 11.1 Å². The molecule has 1 aromatic heterocycles. The van der Waals surface area contributed by atoms with Gasteiger partial charge in [0.15, 0.2) is 5.76 Å². The lowest BCUT2D eigenvalue weighted by Gasteiger charge is -2.12. The van der Waals surface area contributed by atoms with Crippen molar-refractivity contribution in [1.29, 1.82) is 0 Å². The second-order valence-electron chi connectivity index (χ2n) is 5.47. The number of allylic oxidation sites excluding steroid dienone is 4. The Kier molecular flexibility index (Phi) is 6.74. The molecule has 26 heavy (non-hydrogen) atoms. The Bertz CT molecular complexity index is 862. The summed E-state index contributed by atoms with van der Waals surface area (Å²) in [6.07, 6.45) is 7.23. The third kappa shape index (κ3) is 4.83. The SMILES string of the molecule is C=C/C=C\CC(C=C)c1oc(COC(=O)c2ccccc2)cc(=O)c1O. The monoisotopic (exact) mass is 352 g/mol. The van der Waals surface area contributed by atoms with Crippen LogP contribution in [0.1, 0.15) is 34.2 Å². The van der Waals surface area contributed by atoms with Crippen molar-refractivity contribution < 1.29 is 19.1 Å². The first kappa shape index (κ1) is 19.0. The summed E-state index contributed by atoms with van der Waals surface area (Å²) in [4.78, 5) is 24.0. The number of hydrogen-bond acceptors (Lipinski definition) is 5. The van der Waals surface area contributed by atoms with Gasteiger partial charge in [-0.15, -0.1) is 6.58 Å². The standard InChI is InChI=1S/C21H20O5/c1-3-5-7-10-15(4-2)20-19(23)18(22)13-17(26-20)14-25-21(24)16-11-8-6-9-12-16/h3-9,11-13,15,23H,1-2,10,14H2/b7-5-. The van der Waals surface area contributed by atoms with Crippen LogP contribution in [0.5, 0.6) is 5.75 Å². The van der Waals surface area contributed by atoms with Crippen molar-refractivity contribution in [2.45, 2.75) is 18.9 Å². The molecular formula is C21H20O5. The van der Waals surface area contributed by atoms with Crippen LogP contribution in [0.25, 0.3) is 0 Å². The van der Waals surface area contributed by atoms with E-state index < -0.39 is 23.1 Å². The van der Waals surface area contributed by atoms with Crippen LogP contribution < -0.4 is 5.43 Å². The Balaban J connectivity index is 2.19. The van der Waals surface area contributed by atoms with Gasteiger partial charge in [-0.1, -0.05) is 49.1 Å². The summed E-state index contributed by atoms with van der Waals surface area (Å²) in [5, 5.41) is 10.0. The third-order valence-electron chi connectivity index (χ3n) is 3.64. The molecule has 0 aliphatic rings. The van der Waals surface area contributed by atoms with Crippen molar-refractivity contribution in [3.63, 3.8) is 0 Å². The molecule has 1 atom stereocenters. The average Bonchev–Trinajstić information content (AvgIpc) is 2.67.